The lowest BCUT2D eigenvalue weighted by Gasteiger charge is -2.20. The topological polar surface area (TPSA) is 64.0 Å². The summed E-state index contributed by atoms with van der Waals surface area (Å²) in [5.74, 6) is 0.225. The highest BCUT2D eigenvalue weighted by Gasteiger charge is 2.22. The van der Waals surface area contributed by atoms with Gasteiger partial charge in [-0.3, -0.25) is 14.2 Å². The molecule has 0 fully saturated rings. The highest BCUT2D eigenvalue weighted by molar-refractivity contribution is 8.00. The number of benzene rings is 2. The van der Waals surface area contributed by atoms with Gasteiger partial charge in [-0.2, -0.15) is 0 Å². The average Bonchev–Trinajstić information content (AvgIpc) is 2.87. The van der Waals surface area contributed by atoms with Crippen molar-refractivity contribution in [3.63, 3.8) is 0 Å². The van der Waals surface area contributed by atoms with Crippen molar-refractivity contribution in [1.82, 2.24) is 14.9 Å². The van der Waals surface area contributed by atoms with E-state index in [9.17, 15) is 9.59 Å². The van der Waals surface area contributed by atoms with Crippen molar-refractivity contribution < 1.29 is 4.79 Å². The van der Waals surface area contributed by atoms with Gasteiger partial charge in [-0.05, 0) is 30.4 Å². The van der Waals surface area contributed by atoms with Crippen LogP contribution in [0.1, 0.15) is 62.3 Å². The Labute approximate surface area is 207 Å². The number of thioether (sulfide) groups is 1. The summed E-state index contributed by atoms with van der Waals surface area (Å²) in [7, 11) is 1.72. The lowest BCUT2D eigenvalue weighted by atomic mass is 9.88. The minimum absolute atomic E-state index is 0.00877. The zero-order chi connectivity index (χ0) is 24.3. The minimum atomic E-state index is -0.281. The molecule has 3 aromatic rings. The smallest absolute Gasteiger partial charge is 0.254 e. The van der Waals surface area contributed by atoms with Crippen LogP contribution >= 0.6 is 11.8 Å². The molecular formula is C28H35N3O2S. The van der Waals surface area contributed by atoms with Gasteiger partial charge in [0.05, 0.1) is 5.25 Å². The predicted molar refractivity (Wildman–Crippen MR) is 140 cm³/mol. The number of amides is 1. The third-order valence-corrected chi connectivity index (χ3v) is 7.32. The van der Waals surface area contributed by atoms with E-state index in [1.165, 1.54) is 27.5 Å². The second-order valence-corrected chi connectivity index (χ2v) is 9.65. The minimum Gasteiger partial charge on any atom is -0.355 e. The molecule has 0 aliphatic rings. The molecule has 2 aromatic carbocycles. The molecule has 0 saturated heterocycles. The number of carbonyl (C=O) groups is 1. The monoisotopic (exact) mass is 477 g/mol. The second-order valence-electron chi connectivity index (χ2n) is 8.48. The molecule has 180 valence electrons. The molecule has 34 heavy (non-hydrogen) atoms. The van der Waals surface area contributed by atoms with E-state index >= 15 is 0 Å². The van der Waals surface area contributed by atoms with Crippen LogP contribution in [0.3, 0.4) is 0 Å². The van der Waals surface area contributed by atoms with E-state index in [4.69, 9.17) is 0 Å². The van der Waals surface area contributed by atoms with Crippen LogP contribution in [-0.2, 0) is 18.3 Å². The maximum Gasteiger partial charge on any atom is 0.254 e. The fraction of sp³-hybridized carbons (Fsp3) is 0.393. The molecule has 0 aliphatic heterocycles. The highest BCUT2D eigenvalue weighted by atomic mass is 32.2. The Bertz CT molecular complexity index is 1060. The van der Waals surface area contributed by atoms with Crippen LogP contribution in [0.2, 0.25) is 0 Å². The summed E-state index contributed by atoms with van der Waals surface area (Å²) in [6.07, 6.45) is 4.21. The lowest BCUT2D eigenvalue weighted by Crippen LogP contribution is -2.34. The maximum absolute atomic E-state index is 13.2. The third kappa shape index (κ3) is 7.07. The van der Waals surface area contributed by atoms with Gasteiger partial charge in [0.1, 0.15) is 0 Å². The standard InChI is InChI=1S/C28H35N3O2S/c1-4-6-17-25(34-28-30-23(5-2)20-26(32)31(28)3)27(33)29-19-18-24(21-13-9-7-10-14-21)22-15-11-8-12-16-22/h7-16,20,24-25H,4-6,17-19H2,1-3H3,(H,29,33). The molecule has 5 nitrogen and oxygen atoms in total. The number of hydrogen-bond acceptors (Lipinski definition) is 4. The molecule has 1 unspecified atom stereocenters. The molecule has 1 aromatic heterocycles. The zero-order valence-electron chi connectivity index (χ0n) is 20.4. The van der Waals surface area contributed by atoms with E-state index < -0.39 is 0 Å². The molecule has 6 heteroatoms. The van der Waals surface area contributed by atoms with Gasteiger partial charge >= 0.3 is 0 Å². The fourth-order valence-corrected chi connectivity index (χ4v) is 5.11. The van der Waals surface area contributed by atoms with Gasteiger partial charge in [0.15, 0.2) is 5.16 Å². The van der Waals surface area contributed by atoms with E-state index in [0.717, 1.165) is 31.4 Å². The van der Waals surface area contributed by atoms with Crippen molar-refractivity contribution in [3.05, 3.63) is 93.9 Å². The van der Waals surface area contributed by atoms with Crippen LogP contribution in [0.15, 0.2) is 76.7 Å². The molecule has 0 spiro atoms. The van der Waals surface area contributed by atoms with Gasteiger partial charge in [-0.25, -0.2) is 4.98 Å². The summed E-state index contributed by atoms with van der Waals surface area (Å²) in [5.41, 5.74) is 3.16. The van der Waals surface area contributed by atoms with Crippen LogP contribution in [0.25, 0.3) is 0 Å². The molecule has 0 aliphatic carbocycles. The predicted octanol–water partition coefficient (Wildman–Crippen LogP) is 5.33. The number of aromatic nitrogens is 2. The van der Waals surface area contributed by atoms with Gasteiger partial charge in [0.2, 0.25) is 5.91 Å². The van der Waals surface area contributed by atoms with Gasteiger partial charge in [-0.15, -0.1) is 0 Å². The Morgan fingerprint density at radius 2 is 1.62 bits per heavy atom. The van der Waals surface area contributed by atoms with Gasteiger partial charge in [0, 0.05) is 31.3 Å². The molecule has 1 N–H and O–H groups in total. The van der Waals surface area contributed by atoms with Crippen molar-refractivity contribution in [2.24, 2.45) is 7.05 Å². The first-order chi connectivity index (χ1) is 16.5. The number of rotatable bonds is 12. The van der Waals surface area contributed by atoms with E-state index in [1.54, 1.807) is 13.1 Å². The first kappa shape index (κ1) is 25.8. The van der Waals surface area contributed by atoms with E-state index in [0.29, 0.717) is 18.1 Å². The first-order valence-electron chi connectivity index (χ1n) is 12.1. The average molecular weight is 478 g/mol. The normalized spacial score (nSPS) is 12.0. The summed E-state index contributed by atoms with van der Waals surface area (Å²) < 4.78 is 1.54. The van der Waals surface area contributed by atoms with Crippen LogP contribution < -0.4 is 10.9 Å². The van der Waals surface area contributed by atoms with Crippen LogP contribution in [-0.4, -0.2) is 27.3 Å². The number of carbonyl (C=O) groups excluding carboxylic acids is 1. The summed E-state index contributed by atoms with van der Waals surface area (Å²) >= 11 is 1.40. The highest BCUT2D eigenvalue weighted by Crippen LogP contribution is 2.28. The Hall–Kier alpha value is -2.86. The van der Waals surface area contributed by atoms with Crippen molar-refractivity contribution in [2.45, 2.75) is 62.3 Å². The largest absolute Gasteiger partial charge is 0.355 e. The van der Waals surface area contributed by atoms with E-state index in [2.05, 4.69) is 65.8 Å². The molecule has 1 atom stereocenters. The molecule has 0 saturated carbocycles. The van der Waals surface area contributed by atoms with Crippen LogP contribution in [0, 0.1) is 0 Å². The quantitative estimate of drug-likeness (QED) is 0.283. The fourth-order valence-electron chi connectivity index (χ4n) is 3.96. The molecular weight excluding hydrogens is 442 g/mol. The van der Waals surface area contributed by atoms with Crippen LogP contribution in [0.5, 0.6) is 0 Å². The van der Waals surface area contributed by atoms with Crippen molar-refractivity contribution in [3.8, 4) is 0 Å². The van der Waals surface area contributed by atoms with Gasteiger partial charge in [0.25, 0.3) is 5.56 Å². The molecule has 0 radical (unpaired) electrons. The SMILES string of the molecule is CCCCC(Sc1nc(CC)cc(=O)n1C)C(=O)NCCC(c1ccccc1)c1ccccc1. The molecule has 0 bridgehead atoms. The lowest BCUT2D eigenvalue weighted by molar-refractivity contribution is -0.120. The van der Waals surface area contributed by atoms with E-state index in [-0.39, 0.29) is 22.6 Å². The molecule has 3 rings (SSSR count). The number of aryl methyl sites for hydroxylation is 1. The number of unbranched alkanes of at least 4 members (excludes halogenated alkanes) is 1. The van der Waals surface area contributed by atoms with Crippen molar-refractivity contribution in [2.75, 3.05) is 6.54 Å². The van der Waals surface area contributed by atoms with Crippen molar-refractivity contribution >= 4 is 17.7 Å². The van der Waals surface area contributed by atoms with Gasteiger partial charge < -0.3 is 5.32 Å². The summed E-state index contributed by atoms with van der Waals surface area (Å²) in [4.78, 5) is 30.1. The Balaban J connectivity index is 1.70. The Kier molecular flexibility index (Phi) is 9.95. The Morgan fingerprint density at radius 1 is 1.00 bits per heavy atom. The number of hydrogen-bond donors (Lipinski definition) is 1. The summed E-state index contributed by atoms with van der Waals surface area (Å²) in [6.45, 7) is 4.68. The summed E-state index contributed by atoms with van der Waals surface area (Å²) in [5, 5.41) is 3.49. The number of nitrogens with one attached hydrogen (secondary N) is 1. The zero-order valence-corrected chi connectivity index (χ0v) is 21.2. The molecule has 1 heterocycles. The third-order valence-electron chi connectivity index (χ3n) is 6.01. The first-order valence-corrected chi connectivity index (χ1v) is 13.0. The second kappa shape index (κ2) is 13.1. The maximum atomic E-state index is 13.2. The number of nitrogens with zero attached hydrogens (tertiary/aromatic N) is 2. The van der Waals surface area contributed by atoms with E-state index in [1.807, 2.05) is 19.1 Å². The Morgan fingerprint density at radius 3 is 2.18 bits per heavy atom. The van der Waals surface area contributed by atoms with Gasteiger partial charge in [-0.1, -0.05) is 99.1 Å². The van der Waals surface area contributed by atoms with Crippen LogP contribution in [0.4, 0.5) is 0 Å². The molecule has 1 amide bonds. The summed E-state index contributed by atoms with van der Waals surface area (Å²) in [6, 6.07) is 22.4. The van der Waals surface area contributed by atoms with Crippen molar-refractivity contribution in [1.29, 1.82) is 0 Å².